The molecule has 1 saturated carbocycles. The number of unbranched alkanes of at least 4 members (excludes halogenated alkanes) is 1. The van der Waals surface area contributed by atoms with Crippen LogP contribution in [0.25, 0.3) is 0 Å². The highest BCUT2D eigenvalue weighted by Gasteiger charge is 2.43. The van der Waals surface area contributed by atoms with Gasteiger partial charge < -0.3 is 9.80 Å². The summed E-state index contributed by atoms with van der Waals surface area (Å²) in [7, 11) is 2.15. The minimum absolute atomic E-state index is 0.0506. The van der Waals surface area contributed by atoms with E-state index in [-0.39, 0.29) is 17.4 Å². The molecule has 3 rings (SSSR count). The molecular formula is C29H40N2O. The summed E-state index contributed by atoms with van der Waals surface area (Å²) in [5, 5.41) is 0. The van der Waals surface area contributed by atoms with E-state index >= 15 is 0 Å². The van der Waals surface area contributed by atoms with Gasteiger partial charge in [-0.3, -0.25) is 4.79 Å². The third-order valence-corrected chi connectivity index (χ3v) is 7.12. The summed E-state index contributed by atoms with van der Waals surface area (Å²) in [6.07, 6.45) is 15.0. The normalized spacial score (nSPS) is 20.3. The summed E-state index contributed by atoms with van der Waals surface area (Å²) >= 11 is 0. The number of allylic oxidation sites excluding steroid dienone is 5. The maximum atomic E-state index is 13.5. The van der Waals surface area contributed by atoms with Gasteiger partial charge in [0.05, 0.1) is 6.04 Å². The van der Waals surface area contributed by atoms with Crippen LogP contribution in [0.1, 0.15) is 77.0 Å². The second kappa shape index (κ2) is 10.4. The van der Waals surface area contributed by atoms with E-state index in [9.17, 15) is 4.79 Å². The number of fused-ring (bicyclic) bond motifs is 1. The number of rotatable bonds is 9. The maximum Gasteiger partial charge on any atom is 0.253 e. The number of hydrogen-bond acceptors (Lipinski definition) is 2. The van der Waals surface area contributed by atoms with Crippen molar-refractivity contribution in [1.82, 2.24) is 9.80 Å². The third kappa shape index (κ3) is 5.26. The molecule has 32 heavy (non-hydrogen) atoms. The first-order chi connectivity index (χ1) is 15.3. The molecule has 1 aliphatic heterocycles. The Morgan fingerprint density at radius 3 is 2.69 bits per heavy atom. The fourth-order valence-electron chi connectivity index (χ4n) is 4.66. The van der Waals surface area contributed by atoms with Crippen molar-refractivity contribution in [2.24, 2.45) is 5.41 Å². The topological polar surface area (TPSA) is 23.6 Å². The van der Waals surface area contributed by atoms with Gasteiger partial charge in [0.1, 0.15) is 0 Å². The fourth-order valence-corrected chi connectivity index (χ4v) is 4.66. The number of nitrogens with zero attached hydrogens (tertiary/aromatic N) is 2. The third-order valence-electron chi connectivity index (χ3n) is 7.12. The van der Waals surface area contributed by atoms with Crippen LogP contribution in [-0.4, -0.2) is 29.3 Å². The van der Waals surface area contributed by atoms with Crippen LogP contribution in [0.5, 0.6) is 0 Å². The molecule has 1 aromatic rings. The minimum Gasteiger partial charge on any atom is -0.351 e. The average Bonchev–Trinajstić information content (AvgIpc) is 3.55. The highest BCUT2D eigenvalue weighted by Crippen LogP contribution is 2.53. The van der Waals surface area contributed by atoms with Crippen molar-refractivity contribution in [1.29, 1.82) is 0 Å². The summed E-state index contributed by atoms with van der Waals surface area (Å²) < 4.78 is 0. The van der Waals surface area contributed by atoms with E-state index in [1.165, 1.54) is 22.5 Å². The Hall–Kier alpha value is -2.55. The first-order valence-electron chi connectivity index (χ1n) is 12.2. The summed E-state index contributed by atoms with van der Waals surface area (Å²) in [5.41, 5.74) is 5.83. The van der Waals surface area contributed by atoms with Crippen molar-refractivity contribution in [3.63, 3.8) is 0 Å². The Labute approximate surface area is 195 Å². The summed E-state index contributed by atoms with van der Waals surface area (Å²) in [6, 6.07) is 8.55. The molecule has 1 aliphatic carbocycles. The molecule has 0 saturated heterocycles. The Balaban J connectivity index is 1.85. The molecule has 1 unspecified atom stereocenters. The average molecular weight is 433 g/mol. The van der Waals surface area contributed by atoms with Crippen molar-refractivity contribution in [2.75, 3.05) is 13.6 Å². The van der Waals surface area contributed by atoms with Gasteiger partial charge in [-0.15, -0.1) is 0 Å². The molecule has 0 N–H and O–H groups in total. The predicted octanol–water partition coefficient (Wildman–Crippen LogP) is 6.95. The zero-order chi connectivity index (χ0) is 23.3. The Kier molecular flexibility index (Phi) is 7.82. The smallest absolute Gasteiger partial charge is 0.253 e. The molecule has 3 nitrogen and oxygen atoms in total. The number of carbonyl (C=O) groups excluding carboxylic acids is 1. The Morgan fingerprint density at radius 1 is 1.31 bits per heavy atom. The zero-order valence-electron chi connectivity index (χ0n) is 20.7. The molecule has 3 heteroatoms. The van der Waals surface area contributed by atoms with Gasteiger partial charge in [0.15, 0.2) is 0 Å². The van der Waals surface area contributed by atoms with Gasteiger partial charge in [0.2, 0.25) is 0 Å². The van der Waals surface area contributed by atoms with Crippen molar-refractivity contribution in [3.8, 4) is 0 Å². The molecule has 1 fully saturated rings. The largest absolute Gasteiger partial charge is 0.351 e. The van der Waals surface area contributed by atoms with E-state index in [1.54, 1.807) is 0 Å². The summed E-state index contributed by atoms with van der Waals surface area (Å²) in [4.78, 5) is 17.8. The second-order valence-electron chi connectivity index (χ2n) is 9.59. The Morgan fingerprint density at radius 2 is 2.03 bits per heavy atom. The highest BCUT2D eigenvalue weighted by molar-refractivity contribution is 5.96. The number of carbonyl (C=O) groups is 1. The molecule has 0 bridgehead atoms. The lowest BCUT2D eigenvalue weighted by Crippen LogP contribution is -2.39. The number of hydrogen-bond donors (Lipinski definition) is 0. The van der Waals surface area contributed by atoms with Crippen molar-refractivity contribution in [2.45, 2.75) is 72.3 Å². The van der Waals surface area contributed by atoms with E-state index in [0.29, 0.717) is 5.57 Å². The molecule has 1 heterocycles. The number of amides is 1. The van der Waals surface area contributed by atoms with Crippen LogP contribution < -0.4 is 0 Å². The molecule has 172 valence electrons. The molecule has 0 aromatic heterocycles. The molecular weight excluding hydrogens is 392 g/mol. The summed E-state index contributed by atoms with van der Waals surface area (Å²) in [6.45, 7) is 13.7. The van der Waals surface area contributed by atoms with Gasteiger partial charge in [-0.1, -0.05) is 63.3 Å². The number of benzene rings is 1. The standard InChI is InChI=1S/C29H40N2O/c1-7-9-14-25(15-10-8-2)30(6)27(29(5)18-19-29)21-22(3)28(32)31-20-17-24-13-11-12-16-26(24)23(31)4/h7,9,11-14,16,21,23H,3,8,10,15,17-20H2,1-2,4-6H3/b9-7-,25-14-,27-21-. The lowest BCUT2D eigenvalue weighted by Gasteiger charge is -2.36. The van der Waals surface area contributed by atoms with Crippen LogP contribution in [0.4, 0.5) is 0 Å². The quantitative estimate of drug-likeness (QED) is 0.311. The molecule has 0 spiro atoms. The second-order valence-corrected chi connectivity index (χ2v) is 9.59. The van der Waals surface area contributed by atoms with Crippen LogP contribution in [0.2, 0.25) is 0 Å². The summed E-state index contributed by atoms with van der Waals surface area (Å²) in [5.74, 6) is 0.0506. The van der Waals surface area contributed by atoms with Gasteiger partial charge >= 0.3 is 0 Å². The van der Waals surface area contributed by atoms with Crippen LogP contribution in [0.3, 0.4) is 0 Å². The van der Waals surface area contributed by atoms with Crippen molar-refractivity contribution < 1.29 is 4.79 Å². The van der Waals surface area contributed by atoms with E-state index in [0.717, 1.165) is 45.1 Å². The van der Waals surface area contributed by atoms with Crippen molar-refractivity contribution >= 4 is 5.91 Å². The SMILES string of the molecule is C=C(/C=C(\N(C)/C(=C\C=C/C)CCCC)C1(C)CC1)C(=O)N1CCc2ccccc2C1C. The first-order valence-corrected chi connectivity index (χ1v) is 12.2. The molecule has 1 atom stereocenters. The molecule has 2 aliphatic rings. The first kappa shape index (κ1) is 24.1. The van der Waals surface area contributed by atoms with Crippen LogP contribution >= 0.6 is 0 Å². The lowest BCUT2D eigenvalue weighted by molar-refractivity contribution is -0.129. The van der Waals surface area contributed by atoms with Gasteiger partial charge in [-0.05, 0) is 69.2 Å². The van der Waals surface area contributed by atoms with Crippen LogP contribution in [-0.2, 0) is 11.2 Å². The van der Waals surface area contributed by atoms with E-state index in [1.807, 2.05) is 11.8 Å². The molecule has 0 radical (unpaired) electrons. The monoisotopic (exact) mass is 432 g/mol. The van der Waals surface area contributed by atoms with Crippen molar-refractivity contribution in [3.05, 3.63) is 83.2 Å². The predicted molar refractivity (Wildman–Crippen MR) is 135 cm³/mol. The molecule has 1 aromatic carbocycles. The van der Waals surface area contributed by atoms with Gasteiger partial charge in [0, 0.05) is 36.0 Å². The maximum absolute atomic E-state index is 13.5. The van der Waals surface area contributed by atoms with Gasteiger partial charge in [0.25, 0.3) is 5.91 Å². The van der Waals surface area contributed by atoms with Crippen LogP contribution in [0, 0.1) is 5.41 Å². The van der Waals surface area contributed by atoms with E-state index < -0.39 is 0 Å². The minimum atomic E-state index is 0.0506. The van der Waals surface area contributed by atoms with Gasteiger partial charge in [-0.25, -0.2) is 0 Å². The van der Waals surface area contributed by atoms with E-state index in [4.69, 9.17) is 0 Å². The van der Waals surface area contributed by atoms with Gasteiger partial charge in [-0.2, -0.15) is 0 Å². The highest BCUT2D eigenvalue weighted by atomic mass is 16.2. The fraction of sp³-hybridized carbons (Fsp3) is 0.483. The van der Waals surface area contributed by atoms with E-state index in [2.05, 4.69) is 87.9 Å². The van der Waals surface area contributed by atoms with Crippen LogP contribution in [0.15, 0.2) is 72.1 Å². The molecule has 1 amide bonds. The Bertz CT molecular complexity index is 932. The zero-order valence-corrected chi connectivity index (χ0v) is 20.7. The lowest BCUT2D eigenvalue weighted by atomic mass is 9.93.